The predicted octanol–water partition coefficient (Wildman–Crippen LogP) is 1.58. The zero-order valence-corrected chi connectivity index (χ0v) is 12.3. The number of sulfonamides is 1. The minimum Gasteiger partial charge on any atom is -0.398 e. The lowest BCUT2D eigenvalue weighted by molar-refractivity contribution is 0.199. The van der Waals surface area contributed by atoms with Gasteiger partial charge < -0.3 is 10.8 Å². The maximum absolute atomic E-state index is 12.8. The van der Waals surface area contributed by atoms with E-state index in [1.54, 1.807) is 18.2 Å². The number of nitrogen functional groups attached to an aromatic ring is 1. The van der Waals surface area contributed by atoms with Crippen molar-refractivity contribution < 1.29 is 13.5 Å². The Bertz CT molecular complexity index is 539. The van der Waals surface area contributed by atoms with Crippen LogP contribution in [0.3, 0.4) is 0 Å². The fraction of sp³-hybridized carbons (Fsp3) is 0.571. The second-order valence-electron chi connectivity index (χ2n) is 5.17. The third-order valence-corrected chi connectivity index (χ3v) is 5.83. The smallest absolute Gasteiger partial charge is 0.245 e. The molecule has 0 aromatic heterocycles. The van der Waals surface area contributed by atoms with E-state index in [9.17, 15) is 13.5 Å². The Morgan fingerprint density at radius 2 is 1.85 bits per heavy atom. The molecule has 0 bridgehead atoms. The van der Waals surface area contributed by atoms with E-state index in [0.717, 1.165) is 32.1 Å². The fourth-order valence-electron chi connectivity index (χ4n) is 2.81. The predicted molar refractivity (Wildman–Crippen MR) is 78.7 cm³/mol. The summed E-state index contributed by atoms with van der Waals surface area (Å²) in [5.74, 6) is 0. The van der Waals surface area contributed by atoms with E-state index >= 15 is 0 Å². The molecule has 1 aliphatic carbocycles. The van der Waals surface area contributed by atoms with Crippen LogP contribution in [0.2, 0.25) is 0 Å². The van der Waals surface area contributed by atoms with Gasteiger partial charge in [-0.05, 0) is 25.0 Å². The molecule has 0 heterocycles. The highest BCUT2D eigenvalue weighted by Crippen LogP contribution is 2.29. The molecule has 5 nitrogen and oxygen atoms in total. The molecular weight excluding hydrogens is 276 g/mol. The second kappa shape index (κ2) is 6.56. The van der Waals surface area contributed by atoms with Crippen LogP contribution in [-0.2, 0) is 10.0 Å². The van der Waals surface area contributed by atoms with Crippen molar-refractivity contribution in [1.29, 1.82) is 0 Å². The van der Waals surface area contributed by atoms with Gasteiger partial charge in [0.1, 0.15) is 4.90 Å². The maximum Gasteiger partial charge on any atom is 0.245 e. The number of anilines is 1. The summed E-state index contributed by atoms with van der Waals surface area (Å²) in [6, 6.07) is 6.47. The van der Waals surface area contributed by atoms with Gasteiger partial charge in [-0.3, -0.25) is 0 Å². The molecule has 1 aliphatic rings. The van der Waals surface area contributed by atoms with Crippen molar-refractivity contribution in [2.45, 2.75) is 43.0 Å². The maximum atomic E-state index is 12.8. The monoisotopic (exact) mass is 298 g/mol. The van der Waals surface area contributed by atoms with E-state index in [1.807, 2.05) is 0 Å². The molecule has 0 spiro atoms. The molecule has 1 fully saturated rings. The van der Waals surface area contributed by atoms with Gasteiger partial charge in [0.2, 0.25) is 10.0 Å². The summed E-state index contributed by atoms with van der Waals surface area (Å²) in [5, 5.41) is 9.21. The summed E-state index contributed by atoms with van der Waals surface area (Å²) in [6.45, 7) is -0.0518. The van der Waals surface area contributed by atoms with E-state index in [2.05, 4.69) is 0 Å². The van der Waals surface area contributed by atoms with Gasteiger partial charge >= 0.3 is 0 Å². The minimum absolute atomic E-state index is 0.0273. The first-order chi connectivity index (χ1) is 9.57. The van der Waals surface area contributed by atoms with Crippen molar-refractivity contribution in [3.8, 4) is 0 Å². The molecule has 3 N–H and O–H groups in total. The SMILES string of the molecule is Nc1ccccc1S(=O)(=O)N(CCO)C1CCCCC1. The van der Waals surface area contributed by atoms with E-state index in [4.69, 9.17) is 5.73 Å². The van der Waals surface area contributed by atoms with Crippen molar-refractivity contribution in [3.63, 3.8) is 0 Å². The molecule has 0 amide bonds. The van der Waals surface area contributed by atoms with E-state index in [1.165, 1.54) is 10.4 Å². The first-order valence-corrected chi connectivity index (χ1v) is 8.48. The van der Waals surface area contributed by atoms with Crippen LogP contribution >= 0.6 is 0 Å². The van der Waals surface area contributed by atoms with Gasteiger partial charge in [-0.25, -0.2) is 8.42 Å². The molecule has 1 aromatic carbocycles. The second-order valence-corrected chi connectivity index (χ2v) is 7.03. The first-order valence-electron chi connectivity index (χ1n) is 7.04. The van der Waals surface area contributed by atoms with Crippen molar-refractivity contribution in [2.75, 3.05) is 18.9 Å². The van der Waals surface area contributed by atoms with Crippen LogP contribution in [0.1, 0.15) is 32.1 Å². The molecule has 0 saturated heterocycles. The third-order valence-electron chi connectivity index (χ3n) is 3.81. The highest BCUT2D eigenvalue weighted by Gasteiger charge is 2.32. The Kier molecular flexibility index (Phi) is 5.01. The lowest BCUT2D eigenvalue weighted by atomic mass is 9.95. The van der Waals surface area contributed by atoms with Gasteiger partial charge in [-0.1, -0.05) is 31.4 Å². The molecule has 2 rings (SSSR count). The van der Waals surface area contributed by atoms with Gasteiger partial charge in [0.25, 0.3) is 0 Å². The Morgan fingerprint density at radius 3 is 2.45 bits per heavy atom. The van der Waals surface area contributed by atoms with Crippen LogP contribution in [0, 0.1) is 0 Å². The third kappa shape index (κ3) is 3.13. The normalized spacial score (nSPS) is 17.5. The van der Waals surface area contributed by atoms with Crippen LogP contribution in [-0.4, -0.2) is 37.0 Å². The molecule has 0 aliphatic heterocycles. The summed E-state index contributed by atoms with van der Waals surface area (Å²) < 4.78 is 27.0. The highest BCUT2D eigenvalue weighted by molar-refractivity contribution is 7.89. The molecule has 0 unspecified atom stereocenters. The lowest BCUT2D eigenvalue weighted by Gasteiger charge is -2.33. The van der Waals surface area contributed by atoms with Gasteiger partial charge in [-0.15, -0.1) is 0 Å². The lowest BCUT2D eigenvalue weighted by Crippen LogP contribution is -2.43. The number of nitrogens with two attached hydrogens (primary N) is 1. The minimum atomic E-state index is -3.65. The summed E-state index contributed by atoms with van der Waals surface area (Å²) in [5.41, 5.74) is 6.06. The number of benzene rings is 1. The number of hydrogen-bond acceptors (Lipinski definition) is 4. The molecular formula is C14H22N2O3S. The first kappa shape index (κ1) is 15.3. The van der Waals surface area contributed by atoms with E-state index in [-0.39, 0.29) is 29.8 Å². The number of hydrogen-bond donors (Lipinski definition) is 2. The van der Waals surface area contributed by atoms with Gasteiger partial charge in [0, 0.05) is 12.6 Å². The molecule has 0 atom stereocenters. The highest BCUT2D eigenvalue weighted by atomic mass is 32.2. The average molecular weight is 298 g/mol. The van der Waals surface area contributed by atoms with E-state index in [0.29, 0.717) is 0 Å². The Balaban J connectivity index is 2.34. The Labute approximate surface area is 120 Å². The number of aliphatic hydroxyl groups is 1. The van der Waals surface area contributed by atoms with Crippen LogP contribution in [0.4, 0.5) is 5.69 Å². The van der Waals surface area contributed by atoms with Crippen molar-refractivity contribution in [1.82, 2.24) is 4.31 Å². The standard InChI is InChI=1S/C14H22N2O3S/c15-13-8-4-5-9-14(13)20(18,19)16(10-11-17)12-6-2-1-3-7-12/h4-5,8-9,12,17H,1-3,6-7,10-11,15H2. The van der Waals surface area contributed by atoms with Crippen molar-refractivity contribution in [2.24, 2.45) is 0 Å². The molecule has 112 valence electrons. The van der Waals surface area contributed by atoms with Crippen LogP contribution in [0.5, 0.6) is 0 Å². The summed E-state index contributed by atoms with van der Waals surface area (Å²) in [6.07, 6.45) is 4.92. The summed E-state index contributed by atoms with van der Waals surface area (Å²) >= 11 is 0. The molecule has 6 heteroatoms. The number of rotatable bonds is 5. The zero-order chi connectivity index (χ0) is 14.6. The Hall–Kier alpha value is -1.11. The quantitative estimate of drug-likeness (QED) is 0.809. The van der Waals surface area contributed by atoms with E-state index < -0.39 is 10.0 Å². The van der Waals surface area contributed by atoms with Gasteiger partial charge in [0.15, 0.2) is 0 Å². The van der Waals surface area contributed by atoms with Crippen LogP contribution in [0.25, 0.3) is 0 Å². The van der Waals surface area contributed by atoms with Crippen molar-refractivity contribution in [3.05, 3.63) is 24.3 Å². The average Bonchev–Trinajstić information content (AvgIpc) is 2.45. The molecule has 1 saturated carbocycles. The number of aliphatic hydroxyl groups excluding tert-OH is 1. The number of nitrogens with zero attached hydrogens (tertiary/aromatic N) is 1. The molecule has 1 aromatic rings. The molecule has 0 radical (unpaired) electrons. The van der Waals surface area contributed by atoms with Crippen LogP contribution < -0.4 is 5.73 Å². The topological polar surface area (TPSA) is 83.6 Å². The van der Waals surface area contributed by atoms with Crippen molar-refractivity contribution >= 4 is 15.7 Å². The Morgan fingerprint density at radius 1 is 1.20 bits per heavy atom. The van der Waals surface area contributed by atoms with Gasteiger partial charge in [-0.2, -0.15) is 4.31 Å². The molecule has 20 heavy (non-hydrogen) atoms. The fourth-order valence-corrected chi connectivity index (χ4v) is 4.60. The number of para-hydroxylation sites is 1. The van der Waals surface area contributed by atoms with Gasteiger partial charge in [0.05, 0.1) is 12.3 Å². The summed E-state index contributed by atoms with van der Waals surface area (Å²) in [7, 11) is -3.65. The largest absolute Gasteiger partial charge is 0.398 e. The van der Waals surface area contributed by atoms with Crippen LogP contribution in [0.15, 0.2) is 29.2 Å². The summed E-state index contributed by atoms with van der Waals surface area (Å²) in [4.78, 5) is 0.138. The zero-order valence-electron chi connectivity index (χ0n) is 11.5.